The van der Waals surface area contributed by atoms with Crippen molar-refractivity contribution in [1.29, 1.82) is 0 Å². The molecule has 0 amide bonds. The third kappa shape index (κ3) is 6.00. The van der Waals surface area contributed by atoms with Gasteiger partial charge in [0.2, 0.25) is 0 Å². The fourth-order valence-electron chi connectivity index (χ4n) is 2.04. The SMILES string of the molecule is CC.OCCN(Cc1ccccc1)Cc1ccccc1. The van der Waals surface area contributed by atoms with Crippen LogP contribution in [-0.4, -0.2) is 23.2 Å². The molecule has 0 aliphatic carbocycles. The lowest BCUT2D eigenvalue weighted by Gasteiger charge is -2.21. The molecule has 2 aromatic carbocycles. The van der Waals surface area contributed by atoms with Gasteiger partial charge in [-0.1, -0.05) is 74.5 Å². The van der Waals surface area contributed by atoms with E-state index >= 15 is 0 Å². The molecule has 0 fully saturated rings. The summed E-state index contributed by atoms with van der Waals surface area (Å²) < 4.78 is 0. The highest BCUT2D eigenvalue weighted by Crippen LogP contribution is 2.09. The van der Waals surface area contributed by atoms with E-state index in [4.69, 9.17) is 5.11 Å². The predicted octanol–water partition coefficient (Wildman–Crippen LogP) is 3.71. The molecule has 20 heavy (non-hydrogen) atoms. The van der Waals surface area contributed by atoms with Gasteiger partial charge in [0.05, 0.1) is 6.61 Å². The molecule has 0 aromatic heterocycles. The zero-order chi connectivity index (χ0) is 14.6. The number of rotatable bonds is 6. The van der Waals surface area contributed by atoms with E-state index in [9.17, 15) is 0 Å². The third-order valence-electron chi connectivity index (χ3n) is 2.91. The molecule has 0 bridgehead atoms. The summed E-state index contributed by atoms with van der Waals surface area (Å²) in [7, 11) is 0. The Bertz CT molecular complexity index is 400. The van der Waals surface area contributed by atoms with E-state index in [0.29, 0.717) is 6.54 Å². The van der Waals surface area contributed by atoms with Crippen LogP contribution in [-0.2, 0) is 13.1 Å². The van der Waals surface area contributed by atoms with Crippen LogP contribution in [0.4, 0.5) is 0 Å². The number of hydrogen-bond acceptors (Lipinski definition) is 2. The highest BCUT2D eigenvalue weighted by Gasteiger charge is 2.05. The summed E-state index contributed by atoms with van der Waals surface area (Å²) >= 11 is 0. The Hall–Kier alpha value is -1.64. The second-order valence-electron chi connectivity index (χ2n) is 4.41. The largest absolute Gasteiger partial charge is 0.395 e. The van der Waals surface area contributed by atoms with Crippen LogP contribution < -0.4 is 0 Å². The van der Waals surface area contributed by atoms with E-state index in [1.165, 1.54) is 11.1 Å². The molecule has 2 rings (SSSR count). The molecular formula is C18H25NO. The number of aliphatic hydroxyl groups is 1. The number of nitrogens with zero attached hydrogens (tertiary/aromatic N) is 1. The Kier molecular flexibility index (Phi) is 8.36. The van der Waals surface area contributed by atoms with Gasteiger partial charge in [-0.15, -0.1) is 0 Å². The van der Waals surface area contributed by atoms with Gasteiger partial charge in [-0.3, -0.25) is 4.90 Å². The first-order valence-corrected chi connectivity index (χ1v) is 7.29. The predicted molar refractivity (Wildman–Crippen MR) is 85.4 cm³/mol. The van der Waals surface area contributed by atoms with Crippen molar-refractivity contribution in [1.82, 2.24) is 4.90 Å². The quantitative estimate of drug-likeness (QED) is 0.866. The first kappa shape index (κ1) is 16.4. The van der Waals surface area contributed by atoms with Crippen molar-refractivity contribution in [3.05, 3.63) is 71.8 Å². The maximum atomic E-state index is 9.15. The van der Waals surface area contributed by atoms with Gasteiger partial charge in [0.1, 0.15) is 0 Å². The molecule has 2 nitrogen and oxygen atoms in total. The van der Waals surface area contributed by atoms with Gasteiger partial charge in [0.25, 0.3) is 0 Å². The summed E-state index contributed by atoms with van der Waals surface area (Å²) in [5.74, 6) is 0. The van der Waals surface area contributed by atoms with E-state index in [1.54, 1.807) is 0 Å². The first-order valence-electron chi connectivity index (χ1n) is 7.29. The molecule has 0 aliphatic heterocycles. The molecular weight excluding hydrogens is 246 g/mol. The normalized spacial score (nSPS) is 10.0. The van der Waals surface area contributed by atoms with Gasteiger partial charge < -0.3 is 5.11 Å². The minimum atomic E-state index is 0.194. The molecule has 1 N–H and O–H groups in total. The van der Waals surface area contributed by atoms with Crippen LogP contribution in [0.15, 0.2) is 60.7 Å². The molecule has 0 radical (unpaired) electrons. The maximum absolute atomic E-state index is 9.15. The van der Waals surface area contributed by atoms with Gasteiger partial charge in [0.15, 0.2) is 0 Å². The molecule has 108 valence electrons. The standard InChI is InChI=1S/C16H19NO.C2H6/c18-12-11-17(13-15-7-3-1-4-8-15)14-16-9-5-2-6-10-16;1-2/h1-10,18H,11-14H2;1-2H3. The zero-order valence-corrected chi connectivity index (χ0v) is 12.5. The second kappa shape index (κ2) is 10.2. The summed E-state index contributed by atoms with van der Waals surface area (Å²) in [6, 6.07) is 20.7. The average molecular weight is 271 g/mol. The molecule has 0 unspecified atom stereocenters. The van der Waals surface area contributed by atoms with Gasteiger partial charge >= 0.3 is 0 Å². The topological polar surface area (TPSA) is 23.5 Å². The van der Waals surface area contributed by atoms with E-state index in [0.717, 1.165) is 13.1 Å². The number of hydrogen-bond donors (Lipinski definition) is 1. The lowest BCUT2D eigenvalue weighted by atomic mass is 10.1. The minimum Gasteiger partial charge on any atom is -0.395 e. The molecule has 0 spiro atoms. The Labute approximate surface area is 122 Å². The van der Waals surface area contributed by atoms with Gasteiger partial charge in [-0.2, -0.15) is 0 Å². The van der Waals surface area contributed by atoms with Crippen molar-refractivity contribution in [2.45, 2.75) is 26.9 Å². The number of aliphatic hydroxyl groups excluding tert-OH is 1. The Morgan fingerprint density at radius 3 is 1.50 bits per heavy atom. The fraction of sp³-hybridized carbons (Fsp3) is 0.333. The highest BCUT2D eigenvalue weighted by molar-refractivity contribution is 5.17. The third-order valence-corrected chi connectivity index (χ3v) is 2.91. The first-order chi connectivity index (χ1) is 9.88. The molecule has 2 heteroatoms. The lowest BCUT2D eigenvalue weighted by Crippen LogP contribution is -2.26. The minimum absolute atomic E-state index is 0.194. The Morgan fingerprint density at radius 2 is 1.15 bits per heavy atom. The fourth-order valence-corrected chi connectivity index (χ4v) is 2.04. The van der Waals surface area contributed by atoms with Crippen LogP contribution >= 0.6 is 0 Å². The Morgan fingerprint density at radius 1 is 0.750 bits per heavy atom. The maximum Gasteiger partial charge on any atom is 0.0558 e. The monoisotopic (exact) mass is 271 g/mol. The smallest absolute Gasteiger partial charge is 0.0558 e. The highest BCUT2D eigenvalue weighted by atomic mass is 16.3. The van der Waals surface area contributed by atoms with Crippen molar-refractivity contribution >= 4 is 0 Å². The number of benzene rings is 2. The van der Waals surface area contributed by atoms with Gasteiger partial charge in [-0.05, 0) is 11.1 Å². The summed E-state index contributed by atoms with van der Waals surface area (Å²) in [6.07, 6.45) is 0. The summed E-state index contributed by atoms with van der Waals surface area (Å²) in [5, 5.41) is 9.15. The van der Waals surface area contributed by atoms with E-state index in [2.05, 4.69) is 53.4 Å². The Balaban J connectivity index is 0.000000956. The van der Waals surface area contributed by atoms with Crippen LogP contribution in [0.25, 0.3) is 0 Å². The van der Waals surface area contributed by atoms with E-state index in [1.807, 2.05) is 26.0 Å². The molecule has 2 aromatic rings. The van der Waals surface area contributed by atoms with Crippen LogP contribution in [0.2, 0.25) is 0 Å². The van der Waals surface area contributed by atoms with Crippen LogP contribution in [0.5, 0.6) is 0 Å². The molecule has 0 heterocycles. The van der Waals surface area contributed by atoms with Crippen molar-refractivity contribution < 1.29 is 5.11 Å². The lowest BCUT2D eigenvalue weighted by molar-refractivity contribution is 0.184. The van der Waals surface area contributed by atoms with Crippen LogP contribution in [0, 0.1) is 0 Å². The molecule has 0 saturated carbocycles. The summed E-state index contributed by atoms with van der Waals surface area (Å²) in [5.41, 5.74) is 2.56. The molecule has 0 atom stereocenters. The average Bonchev–Trinajstić information content (AvgIpc) is 2.51. The summed E-state index contributed by atoms with van der Waals surface area (Å²) in [4.78, 5) is 2.25. The van der Waals surface area contributed by atoms with Crippen molar-refractivity contribution in [3.8, 4) is 0 Å². The van der Waals surface area contributed by atoms with Crippen molar-refractivity contribution in [2.24, 2.45) is 0 Å². The second-order valence-corrected chi connectivity index (χ2v) is 4.41. The molecule has 0 aliphatic rings. The summed E-state index contributed by atoms with van der Waals surface area (Å²) in [6.45, 7) is 6.63. The van der Waals surface area contributed by atoms with Crippen molar-refractivity contribution in [2.75, 3.05) is 13.2 Å². The van der Waals surface area contributed by atoms with Crippen LogP contribution in [0.1, 0.15) is 25.0 Å². The van der Waals surface area contributed by atoms with Gasteiger partial charge in [-0.25, -0.2) is 0 Å². The van der Waals surface area contributed by atoms with E-state index in [-0.39, 0.29) is 6.61 Å². The zero-order valence-electron chi connectivity index (χ0n) is 12.5. The van der Waals surface area contributed by atoms with Crippen molar-refractivity contribution in [3.63, 3.8) is 0 Å². The van der Waals surface area contributed by atoms with Gasteiger partial charge in [0, 0.05) is 19.6 Å². The molecule has 0 saturated heterocycles. The van der Waals surface area contributed by atoms with Crippen LogP contribution in [0.3, 0.4) is 0 Å². The van der Waals surface area contributed by atoms with E-state index < -0.39 is 0 Å².